The van der Waals surface area contributed by atoms with Crippen LogP contribution >= 0.6 is 0 Å². The van der Waals surface area contributed by atoms with Gasteiger partial charge in [0.05, 0.1) is 0 Å². The number of hydrogen-bond acceptors (Lipinski definition) is 4. The lowest BCUT2D eigenvalue weighted by Gasteiger charge is -2.08. The predicted molar refractivity (Wildman–Crippen MR) is 70.4 cm³/mol. The molecular formula is C16H10O4. The van der Waals surface area contributed by atoms with Gasteiger partial charge in [-0.2, -0.15) is 0 Å². The Balaban J connectivity index is 1.81. The Morgan fingerprint density at radius 1 is 0.850 bits per heavy atom. The van der Waals surface area contributed by atoms with Gasteiger partial charge in [-0.3, -0.25) is 9.59 Å². The van der Waals surface area contributed by atoms with E-state index in [-0.39, 0.29) is 18.4 Å². The van der Waals surface area contributed by atoms with Gasteiger partial charge in [-0.1, -0.05) is 30.3 Å². The summed E-state index contributed by atoms with van der Waals surface area (Å²) in [5.74, 6) is 0.166. The molecule has 1 heterocycles. The largest absolute Gasteiger partial charge is 0.454 e. The van der Waals surface area contributed by atoms with Crippen molar-refractivity contribution in [1.82, 2.24) is 0 Å². The number of ketones is 2. The number of benzene rings is 2. The number of fused-ring (bicyclic) bond motifs is 2. The SMILES string of the molecule is O=C1c2ccccc2C(=O)C1c1ccc2c(c1)OCO2. The van der Waals surface area contributed by atoms with E-state index in [9.17, 15) is 9.59 Å². The second kappa shape index (κ2) is 3.93. The van der Waals surface area contributed by atoms with Crippen molar-refractivity contribution in [1.29, 1.82) is 0 Å². The minimum absolute atomic E-state index is 0.149. The van der Waals surface area contributed by atoms with Gasteiger partial charge in [0.2, 0.25) is 6.79 Å². The van der Waals surface area contributed by atoms with E-state index in [4.69, 9.17) is 9.47 Å². The third-order valence-electron chi connectivity index (χ3n) is 3.71. The van der Waals surface area contributed by atoms with Crippen LogP contribution in [0.15, 0.2) is 42.5 Å². The normalized spacial score (nSPS) is 16.6. The van der Waals surface area contributed by atoms with E-state index in [1.165, 1.54) is 0 Å². The Hall–Kier alpha value is -2.62. The quantitative estimate of drug-likeness (QED) is 0.744. The molecule has 0 unspecified atom stereocenters. The molecule has 0 aromatic heterocycles. The first-order chi connectivity index (χ1) is 9.75. The third-order valence-corrected chi connectivity index (χ3v) is 3.71. The summed E-state index contributed by atoms with van der Waals surface area (Å²) in [6.45, 7) is 0.172. The molecule has 0 spiro atoms. The number of carbonyl (C=O) groups is 2. The van der Waals surface area contributed by atoms with Crippen LogP contribution in [0.5, 0.6) is 11.5 Å². The Labute approximate surface area is 114 Å². The fraction of sp³-hybridized carbons (Fsp3) is 0.125. The van der Waals surface area contributed by atoms with Crippen molar-refractivity contribution in [3.63, 3.8) is 0 Å². The van der Waals surface area contributed by atoms with E-state index in [1.807, 2.05) is 0 Å². The Morgan fingerprint density at radius 3 is 2.20 bits per heavy atom. The Kier molecular flexibility index (Phi) is 2.21. The van der Waals surface area contributed by atoms with E-state index in [1.54, 1.807) is 42.5 Å². The van der Waals surface area contributed by atoms with Gasteiger partial charge in [-0.15, -0.1) is 0 Å². The zero-order chi connectivity index (χ0) is 13.7. The molecular weight excluding hydrogens is 256 g/mol. The molecule has 98 valence electrons. The minimum atomic E-state index is -0.762. The van der Waals surface area contributed by atoms with Crippen molar-refractivity contribution < 1.29 is 19.1 Å². The molecule has 4 rings (SSSR count). The molecule has 1 aliphatic carbocycles. The van der Waals surface area contributed by atoms with Crippen molar-refractivity contribution in [2.45, 2.75) is 5.92 Å². The Bertz CT molecular complexity index is 713. The zero-order valence-electron chi connectivity index (χ0n) is 10.5. The van der Waals surface area contributed by atoms with Crippen LogP contribution in [-0.4, -0.2) is 18.4 Å². The average Bonchev–Trinajstić information content (AvgIpc) is 3.03. The molecule has 0 radical (unpaired) electrons. The summed E-state index contributed by atoms with van der Waals surface area (Å²) in [6.07, 6.45) is 0. The van der Waals surface area contributed by atoms with Crippen LogP contribution in [-0.2, 0) is 0 Å². The minimum Gasteiger partial charge on any atom is -0.454 e. The van der Waals surface area contributed by atoms with Gasteiger partial charge in [-0.05, 0) is 17.7 Å². The second-order valence-corrected chi connectivity index (χ2v) is 4.82. The van der Waals surface area contributed by atoms with Crippen LogP contribution in [0.25, 0.3) is 0 Å². The molecule has 0 saturated heterocycles. The lowest BCUT2D eigenvalue weighted by Crippen LogP contribution is -2.12. The van der Waals surface area contributed by atoms with Crippen molar-refractivity contribution in [3.05, 3.63) is 59.2 Å². The number of Topliss-reactive ketones (excluding diaryl/α,β-unsaturated/α-hetero) is 2. The fourth-order valence-corrected chi connectivity index (χ4v) is 2.74. The highest BCUT2D eigenvalue weighted by molar-refractivity contribution is 6.29. The molecule has 20 heavy (non-hydrogen) atoms. The van der Waals surface area contributed by atoms with Gasteiger partial charge in [0, 0.05) is 11.1 Å². The first-order valence-electron chi connectivity index (χ1n) is 6.33. The van der Waals surface area contributed by atoms with Crippen LogP contribution in [0.2, 0.25) is 0 Å². The van der Waals surface area contributed by atoms with E-state index >= 15 is 0 Å². The highest BCUT2D eigenvalue weighted by atomic mass is 16.7. The highest BCUT2D eigenvalue weighted by Gasteiger charge is 2.39. The smallest absolute Gasteiger partial charge is 0.231 e. The Morgan fingerprint density at radius 2 is 1.50 bits per heavy atom. The monoisotopic (exact) mass is 266 g/mol. The van der Waals surface area contributed by atoms with E-state index in [0.29, 0.717) is 28.2 Å². The van der Waals surface area contributed by atoms with Gasteiger partial charge in [0.25, 0.3) is 0 Å². The van der Waals surface area contributed by atoms with Crippen molar-refractivity contribution in [2.24, 2.45) is 0 Å². The molecule has 4 heteroatoms. The van der Waals surface area contributed by atoms with Gasteiger partial charge in [0.15, 0.2) is 23.1 Å². The lowest BCUT2D eigenvalue weighted by molar-refractivity contribution is 0.0890. The summed E-state index contributed by atoms with van der Waals surface area (Å²) in [5.41, 5.74) is 1.65. The van der Waals surface area contributed by atoms with Crippen LogP contribution in [0.1, 0.15) is 32.2 Å². The standard InChI is InChI=1S/C16H10O4/c17-15-10-3-1-2-4-11(10)16(18)14(15)9-5-6-12-13(7-9)20-8-19-12/h1-7,14H,8H2. The maximum absolute atomic E-state index is 12.4. The van der Waals surface area contributed by atoms with Crippen molar-refractivity contribution >= 4 is 11.6 Å². The van der Waals surface area contributed by atoms with Crippen LogP contribution in [0.4, 0.5) is 0 Å². The van der Waals surface area contributed by atoms with E-state index < -0.39 is 5.92 Å². The van der Waals surface area contributed by atoms with Gasteiger partial charge in [-0.25, -0.2) is 0 Å². The predicted octanol–water partition coefficient (Wildman–Crippen LogP) is 2.58. The lowest BCUT2D eigenvalue weighted by atomic mass is 9.94. The number of rotatable bonds is 1. The number of carbonyl (C=O) groups excluding carboxylic acids is 2. The summed E-state index contributed by atoms with van der Waals surface area (Å²) in [7, 11) is 0. The summed E-state index contributed by atoms with van der Waals surface area (Å²) in [6, 6.07) is 12.1. The maximum Gasteiger partial charge on any atom is 0.231 e. The molecule has 0 bridgehead atoms. The van der Waals surface area contributed by atoms with Crippen LogP contribution in [0.3, 0.4) is 0 Å². The summed E-state index contributed by atoms with van der Waals surface area (Å²) >= 11 is 0. The van der Waals surface area contributed by atoms with Crippen LogP contribution in [0, 0.1) is 0 Å². The van der Waals surface area contributed by atoms with E-state index in [0.717, 1.165) is 0 Å². The first-order valence-corrected chi connectivity index (χ1v) is 6.33. The van der Waals surface area contributed by atoms with Gasteiger partial charge < -0.3 is 9.47 Å². The van der Waals surface area contributed by atoms with Crippen LogP contribution < -0.4 is 9.47 Å². The summed E-state index contributed by atoms with van der Waals surface area (Å²) in [5, 5.41) is 0. The second-order valence-electron chi connectivity index (χ2n) is 4.82. The molecule has 0 fully saturated rings. The molecule has 0 saturated carbocycles. The fourth-order valence-electron chi connectivity index (χ4n) is 2.74. The first kappa shape index (κ1) is 11.2. The average molecular weight is 266 g/mol. The molecule has 0 atom stereocenters. The molecule has 2 aromatic carbocycles. The topological polar surface area (TPSA) is 52.6 Å². The third kappa shape index (κ3) is 1.42. The molecule has 4 nitrogen and oxygen atoms in total. The molecule has 0 N–H and O–H groups in total. The van der Waals surface area contributed by atoms with E-state index in [2.05, 4.69) is 0 Å². The van der Waals surface area contributed by atoms with Gasteiger partial charge in [0.1, 0.15) is 5.92 Å². The van der Waals surface area contributed by atoms with Crippen molar-refractivity contribution in [3.8, 4) is 11.5 Å². The highest BCUT2D eigenvalue weighted by Crippen LogP contribution is 2.39. The summed E-state index contributed by atoms with van der Waals surface area (Å²) < 4.78 is 10.5. The molecule has 1 aliphatic heterocycles. The number of hydrogen-bond donors (Lipinski definition) is 0. The van der Waals surface area contributed by atoms with Gasteiger partial charge >= 0.3 is 0 Å². The molecule has 2 aromatic rings. The molecule has 0 amide bonds. The zero-order valence-corrected chi connectivity index (χ0v) is 10.5. The van der Waals surface area contributed by atoms with Crippen molar-refractivity contribution in [2.75, 3.05) is 6.79 Å². The summed E-state index contributed by atoms with van der Waals surface area (Å²) in [4.78, 5) is 24.8. The number of ether oxygens (including phenoxy) is 2. The molecule has 2 aliphatic rings. The maximum atomic E-state index is 12.4.